The topological polar surface area (TPSA) is 66.8 Å². The van der Waals surface area contributed by atoms with Crippen molar-refractivity contribution in [3.63, 3.8) is 0 Å². The van der Waals surface area contributed by atoms with Crippen LogP contribution in [0.5, 0.6) is 5.75 Å². The van der Waals surface area contributed by atoms with Crippen LogP contribution in [0, 0.1) is 0 Å². The van der Waals surface area contributed by atoms with Crippen molar-refractivity contribution < 1.29 is 19.1 Å². The first-order chi connectivity index (χ1) is 9.94. The van der Waals surface area contributed by atoms with E-state index in [1.54, 1.807) is 48.5 Å². The second-order valence-corrected chi connectivity index (χ2v) is 7.20. The van der Waals surface area contributed by atoms with E-state index < -0.39 is 12.9 Å². The molecule has 0 radical (unpaired) electrons. The molecular formula is C15H13O4PS. The number of fused-ring (bicyclic) bond motifs is 1. The Hall–Kier alpha value is -1.52. The Morgan fingerprint density at radius 3 is 2.33 bits per heavy atom. The smallest absolute Gasteiger partial charge is 0.373 e. The van der Waals surface area contributed by atoms with Crippen LogP contribution in [0.2, 0.25) is 0 Å². The van der Waals surface area contributed by atoms with Crippen molar-refractivity contribution in [1.82, 2.24) is 0 Å². The van der Waals surface area contributed by atoms with Crippen LogP contribution in [-0.2, 0) is 9.91 Å². The van der Waals surface area contributed by atoms with Gasteiger partial charge in [0.15, 0.2) is 0 Å². The number of ether oxygens (including phenoxy) is 1. The third-order valence-corrected chi connectivity index (χ3v) is 5.37. The standard InChI is InChI=1S/C15H13O4PS/c16-20(17,18)15(11-6-2-1-3-7-11)10-14(21)12-8-4-5-9-13(12)19-15/h1-9H,10H2,(H2,16,17,18). The average Bonchev–Trinajstić information content (AvgIpc) is 2.47. The summed E-state index contributed by atoms with van der Waals surface area (Å²) < 4.78 is 18.0. The summed E-state index contributed by atoms with van der Waals surface area (Å²) in [7, 11) is -4.60. The first-order valence-corrected chi connectivity index (χ1v) is 8.38. The van der Waals surface area contributed by atoms with E-state index in [0.717, 1.165) is 0 Å². The molecule has 0 saturated carbocycles. The van der Waals surface area contributed by atoms with Crippen molar-refractivity contribution in [2.45, 2.75) is 11.8 Å². The van der Waals surface area contributed by atoms with E-state index in [2.05, 4.69) is 0 Å². The number of thiocarbonyl (C=S) groups is 1. The van der Waals surface area contributed by atoms with Crippen molar-refractivity contribution in [3.8, 4) is 5.75 Å². The van der Waals surface area contributed by atoms with Gasteiger partial charge in [-0.05, 0) is 6.07 Å². The maximum absolute atomic E-state index is 12.2. The molecule has 2 N–H and O–H groups in total. The van der Waals surface area contributed by atoms with E-state index >= 15 is 0 Å². The molecule has 4 nitrogen and oxygen atoms in total. The second-order valence-electron chi connectivity index (χ2n) is 4.89. The van der Waals surface area contributed by atoms with Gasteiger partial charge in [-0.3, -0.25) is 4.57 Å². The van der Waals surface area contributed by atoms with Crippen molar-refractivity contribution in [2.75, 3.05) is 0 Å². The lowest BCUT2D eigenvalue weighted by Crippen LogP contribution is -2.39. The maximum atomic E-state index is 12.2. The van der Waals surface area contributed by atoms with E-state index in [1.807, 2.05) is 6.07 Å². The van der Waals surface area contributed by atoms with Gasteiger partial charge in [0.2, 0.25) is 5.34 Å². The lowest BCUT2D eigenvalue weighted by molar-refractivity contribution is 0.117. The van der Waals surface area contributed by atoms with Gasteiger partial charge in [-0.1, -0.05) is 60.7 Å². The van der Waals surface area contributed by atoms with E-state index in [4.69, 9.17) is 17.0 Å². The molecule has 0 saturated heterocycles. The Labute approximate surface area is 127 Å². The summed E-state index contributed by atoms with van der Waals surface area (Å²) in [5.74, 6) is 0.404. The Bertz CT molecular complexity index is 740. The van der Waals surface area contributed by atoms with Gasteiger partial charge in [0, 0.05) is 22.4 Å². The van der Waals surface area contributed by atoms with Crippen LogP contribution < -0.4 is 4.74 Å². The minimum atomic E-state index is -4.60. The van der Waals surface area contributed by atoms with Crippen LogP contribution in [0.1, 0.15) is 17.5 Å². The number of hydrogen-bond acceptors (Lipinski definition) is 3. The summed E-state index contributed by atoms with van der Waals surface area (Å²) in [5.41, 5.74) is 1.14. The van der Waals surface area contributed by atoms with Gasteiger partial charge in [0.1, 0.15) is 5.75 Å². The van der Waals surface area contributed by atoms with Crippen LogP contribution in [0.4, 0.5) is 0 Å². The summed E-state index contributed by atoms with van der Waals surface area (Å²) in [6, 6.07) is 15.6. The highest BCUT2D eigenvalue weighted by atomic mass is 32.1. The summed E-state index contributed by atoms with van der Waals surface area (Å²) in [6.07, 6.45) is -0.0202. The third-order valence-electron chi connectivity index (χ3n) is 3.56. The fourth-order valence-electron chi connectivity index (χ4n) is 2.51. The Morgan fingerprint density at radius 1 is 1.05 bits per heavy atom. The molecule has 0 aliphatic carbocycles. The molecule has 0 amide bonds. The molecule has 0 spiro atoms. The van der Waals surface area contributed by atoms with Crippen molar-refractivity contribution in [2.24, 2.45) is 0 Å². The van der Waals surface area contributed by atoms with Crippen LogP contribution in [0.15, 0.2) is 54.6 Å². The minimum absolute atomic E-state index is 0.0202. The number of para-hydroxylation sites is 1. The lowest BCUT2D eigenvalue weighted by Gasteiger charge is -2.39. The normalized spacial score (nSPS) is 21.5. The zero-order valence-corrected chi connectivity index (χ0v) is 12.7. The van der Waals surface area contributed by atoms with E-state index in [1.165, 1.54) is 0 Å². The third kappa shape index (κ3) is 2.32. The number of hydrogen-bond donors (Lipinski definition) is 2. The lowest BCUT2D eigenvalue weighted by atomic mass is 9.96. The summed E-state index contributed by atoms with van der Waals surface area (Å²) in [4.78, 5) is 20.3. The molecule has 1 unspecified atom stereocenters. The Balaban J connectivity index is 2.21. The highest BCUT2D eigenvalue weighted by molar-refractivity contribution is 7.81. The first-order valence-electron chi connectivity index (χ1n) is 6.36. The Kier molecular flexibility index (Phi) is 3.46. The largest absolute Gasteiger partial charge is 0.469 e. The molecule has 6 heteroatoms. The van der Waals surface area contributed by atoms with E-state index in [9.17, 15) is 14.4 Å². The molecule has 1 heterocycles. The quantitative estimate of drug-likeness (QED) is 0.657. The summed E-state index contributed by atoms with van der Waals surface area (Å²) in [6.45, 7) is 0. The molecular weight excluding hydrogens is 307 g/mol. The van der Waals surface area contributed by atoms with Crippen LogP contribution in [0.25, 0.3) is 0 Å². The van der Waals surface area contributed by atoms with Gasteiger partial charge in [-0.2, -0.15) is 0 Å². The van der Waals surface area contributed by atoms with Gasteiger partial charge in [-0.25, -0.2) is 0 Å². The molecule has 0 aromatic heterocycles. The number of rotatable bonds is 2. The molecule has 2 aromatic carbocycles. The molecule has 3 rings (SSSR count). The minimum Gasteiger partial charge on any atom is -0.469 e. The number of benzene rings is 2. The molecule has 2 aromatic rings. The molecule has 1 atom stereocenters. The predicted molar refractivity (Wildman–Crippen MR) is 83.6 cm³/mol. The van der Waals surface area contributed by atoms with Gasteiger partial charge in [0.25, 0.3) is 0 Å². The molecule has 1 aliphatic rings. The predicted octanol–water partition coefficient (Wildman–Crippen LogP) is 3.22. The molecule has 108 valence electrons. The van der Waals surface area contributed by atoms with Gasteiger partial charge in [-0.15, -0.1) is 0 Å². The van der Waals surface area contributed by atoms with Gasteiger partial charge >= 0.3 is 7.60 Å². The molecule has 21 heavy (non-hydrogen) atoms. The average molecular weight is 320 g/mol. The zero-order valence-electron chi connectivity index (χ0n) is 11.0. The Morgan fingerprint density at radius 2 is 1.67 bits per heavy atom. The van der Waals surface area contributed by atoms with Crippen molar-refractivity contribution in [3.05, 3.63) is 65.7 Å². The van der Waals surface area contributed by atoms with Gasteiger partial charge in [0.05, 0.1) is 0 Å². The van der Waals surface area contributed by atoms with Crippen LogP contribution >= 0.6 is 19.8 Å². The highest BCUT2D eigenvalue weighted by Crippen LogP contribution is 2.61. The van der Waals surface area contributed by atoms with Crippen LogP contribution in [-0.4, -0.2) is 14.7 Å². The SMILES string of the molecule is O=P(O)(O)C1(c2ccccc2)CC(=S)c2ccccc2O1. The van der Waals surface area contributed by atoms with Crippen molar-refractivity contribution >= 4 is 24.7 Å². The van der Waals surface area contributed by atoms with E-state index in [-0.39, 0.29) is 6.42 Å². The summed E-state index contributed by atoms with van der Waals surface area (Å²) in [5, 5.41) is -1.75. The van der Waals surface area contributed by atoms with Gasteiger partial charge < -0.3 is 14.5 Å². The first kappa shape index (κ1) is 14.4. The molecule has 1 aliphatic heterocycles. The fraction of sp³-hybridized carbons (Fsp3) is 0.133. The van der Waals surface area contributed by atoms with Crippen LogP contribution in [0.3, 0.4) is 0 Å². The fourth-order valence-corrected chi connectivity index (χ4v) is 4.05. The molecule has 0 fully saturated rings. The van der Waals surface area contributed by atoms with Crippen molar-refractivity contribution in [1.29, 1.82) is 0 Å². The highest BCUT2D eigenvalue weighted by Gasteiger charge is 2.54. The zero-order chi connectivity index (χ0) is 15.1. The molecule has 0 bridgehead atoms. The summed E-state index contributed by atoms with van der Waals surface area (Å²) >= 11 is 5.36. The van der Waals surface area contributed by atoms with E-state index in [0.29, 0.717) is 21.7 Å². The second kappa shape index (κ2) is 5.04. The maximum Gasteiger partial charge on any atom is 0.373 e. The monoisotopic (exact) mass is 320 g/mol.